The van der Waals surface area contributed by atoms with Crippen LogP contribution >= 0.6 is 0 Å². The van der Waals surface area contributed by atoms with Gasteiger partial charge in [-0.3, -0.25) is 4.90 Å². The Labute approximate surface area is 132 Å². The molecule has 1 heterocycles. The topological polar surface area (TPSA) is 29.3 Å². The number of hydrogen-bond acceptors (Lipinski definition) is 2. The van der Waals surface area contributed by atoms with Crippen LogP contribution in [-0.4, -0.2) is 18.0 Å². The third-order valence-electron chi connectivity index (χ3n) is 5.48. The molecule has 2 nitrogen and oxygen atoms in total. The molecule has 22 heavy (non-hydrogen) atoms. The summed E-state index contributed by atoms with van der Waals surface area (Å²) in [5.41, 5.74) is 9.65. The predicted molar refractivity (Wildman–Crippen MR) is 91.5 cm³/mol. The van der Waals surface area contributed by atoms with E-state index in [9.17, 15) is 0 Å². The quantitative estimate of drug-likeness (QED) is 0.870. The fraction of sp³-hybridized carbons (Fsp3) is 0.400. The third kappa shape index (κ3) is 2.64. The van der Waals surface area contributed by atoms with E-state index >= 15 is 0 Å². The highest BCUT2D eigenvalue weighted by Crippen LogP contribution is 2.48. The summed E-state index contributed by atoms with van der Waals surface area (Å²) < 4.78 is 0. The largest absolute Gasteiger partial charge is 0.399 e. The molecule has 2 bridgehead atoms. The van der Waals surface area contributed by atoms with Gasteiger partial charge in [-0.15, -0.1) is 0 Å². The van der Waals surface area contributed by atoms with Crippen molar-refractivity contribution in [3.8, 4) is 0 Å². The number of nitrogens with zero attached hydrogens (tertiary/aromatic N) is 1. The Kier molecular flexibility index (Phi) is 3.63. The number of likely N-dealkylation sites (tertiary alicyclic amines) is 1. The molecule has 1 aliphatic heterocycles. The lowest BCUT2D eigenvalue weighted by Crippen LogP contribution is -2.40. The van der Waals surface area contributed by atoms with Crippen molar-refractivity contribution in [1.82, 2.24) is 4.90 Å². The Morgan fingerprint density at radius 1 is 0.864 bits per heavy atom. The monoisotopic (exact) mass is 292 g/mol. The van der Waals surface area contributed by atoms with E-state index in [0.717, 1.165) is 30.0 Å². The first-order chi connectivity index (χ1) is 10.8. The van der Waals surface area contributed by atoms with Crippen LogP contribution in [0.3, 0.4) is 0 Å². The van der Waals surface area contributed by atoms with Crippen LogP contribution in [0.15, 0.2) is 54.6 Å². The Bertz CT molecular complexity index is 606. The summed E-state index contributed by atoms with van der Waals surface area (Å²) in [6.07, 6.45) is 2.76. The second-order valence-electron chi connectivity index (χ2n) is 6.97. The highest BCUT2D eigenvalue weighted by atomic mass is 15.1. The molecule has 1 saturated heterocycles. The standard InChI is InChI=1S/C20H24N2/c21-19-10-8-16(9-11-19)20-17-6-7-18(20)14-22(13-17)12-15-4-2-1-3-5-15/h1-5,8-11,17-18,20H,6-7,12-14,21H2. The van der Waals surface area contributed by atoms with Gasteiger partial charge in [-0.2, -0.15) is 0 Å². The van der Waals surface area contributed by atoms with Crippen LogP contribution in [0.25, 0.3) is 0 Å². The van der Waals surface area contributed by atoms with Gasteiger partial charge in [0.25, 0.3) is 0 Å². The molecule has 1 aliphatic carbocycles. The molecular weight excluding hydrogens is 268 g/mol. The molecule has 2 aromatic rings. The first kappa shape index (κ1) is 13.8. The van der Waals surface area contributed by atoms with E-state index in [1.54, 1.807) is 0 Å². The SMILES string of the molecule is Nc1ccc(C2C3CCC2CN(Cc2ccccc2)C3)cc1. The van der Waals surface area contributed by atoms with Gasteiger partial charge in [0.15, 0.2) is 0 Å². The number of anilines is 1. The minimum absolute atomic E-state index is 0.743. The number of rotatable bonds is 3. The van der Waals surface area contributed by atoms with Crippen LogP contribution in [0.2, 0.25) is 0 Å². The van der Waals surface area contributed by atoms with Crippen molar-refractivity contribution in [2.45, 2.75) is 25.3 Å². The zero-order valence-corrected chi connectivity index (χ0v) is 13.0. The molecule has 2 heteroatoms. The van der Waals surface area contributed by atoms with Crippen molar-refractivity contribution in [3.05, 3.63) is 65.7 Å². The van der Waals surface area contributed by atoms with Crippen molar-refractivity contribution in [3.63, 3.8) is 0 Å². The van der Waals surface area contributed by atoms with Gasteiger partial charge in [-0.1, -0.05) is 42.5 Å². The first-order valence-corrected chi connectivity index (χ1v) is 8.41. The first-order valence-electron chi connectivity index (χ1n) is 8.41. The van der Waals surface area contributed by atoms with Crippen LogP contribution in [-0.2, 0) is 6.54 Å². The number of hydrogen-bond donors (Lipinski definition) is 1. The van der Waals surface area contributed by atoms with Crippen molar-refractivity contribution in [2.75, 3.05) is 18.8 Å². The van der Waals surface area contributed by atoms with Gasteiger partial charge in [0.1, 0.15) is 0 Å². The van der Waals surface area contributed by atoms with Crippen molar-refractivity contribution in [2.24, 2.45) is 11.8 Å². The molecule has 2 N–H and O–H groups in total. The van der Waals surface area contributed by atoms with E-state index in [0.29, 0.717) is 0 Å². The second-order valence-corrected chi connectivity index (χ2v) is 6.97. The fourth-order valence-corrected chi connectivity index (χ4v) is 4.55. The minimum atomic E-state index is 0.743. The van der Waals surface area contributed by atoms with Gasteiger partial charge >= 0.3 is 0 Å². The lowest BCUT2D eigenvalue weighted by Gasteiger charge is -2.38. The molecule has 0 amide bonds. The molecule has 0 radical (unpaired) electrons. The van der Waals surface area contributed by atoms with E-state index in [2.05, 4.69) is 59.5 Å². The van der Waals surface area contributed by atoms with E-state index in [4.69, 9.17) is 5.73 Å². The van der Waals surface area contributed by atoms with E-state index in [1.165, 1.54) is 37.1 Å². The number of benzene rings is 2. The molecule has 2 fully saturated rings. The zero-order chi connectivity index (χ0) is 14.9. The molecule has 0 aromatic heterocycles. The van der Waals surface area contributed by atoms with Crippen LogP contribution in [0, 0.1) is 11.8 Å². The average Bonchev–Trinajstić information content (AvgIpc) is 2.80. The minimum Gasteiger partial charge on any atom is -0.399 e. The lowest BCUT2D eigenvalue weighted by molar-refractivity contribution is 0.138. The molecule has 4 rings (SSSR count). The summed E-state index contributed by atoms with van der Waals surface area (Å²) in [5, 5.41) is 0. The lowest BCUT2D eigenvalue weighted by atomic mass is 9.80. The maximum absolute atomic E-state index is 5.84. The van der Waals surface area contributed by atoms with E-state index < -0.39 is 0 Å². The highest BCUT2D eigenvalue weighted by molar-refractivity contribution is 5.41. The zero-order valence-electron chi connectivity index (χ0n) is 13.0. The maximum Gasteiger partial charge on any atom is 0.0314 e. The molecule has 114 valence electrons. The van der Waals surface area contributed by atoms with Gasteiger partial charge in [-0.25, -0.2) is 0 Å². The maximum atomic E-state index is 5.84. The molecule has 0 spiro atoms. The average molecular weight is 292 g/mol. The predicted octanol–water partition coefficient (Wildman–Crippen LogP) is 3.89. The summed E-state index contributed by atoms with van der Waals surface area (Å²) in [6.45, 7) is 3.57. The van der Waals surface area contributed by atoms with Crippen LogP contribution < -0.4 is 5.73 Å². The van der Waals surface area contributed by atoms with Crippen molar-refractivity contribution in [1.29, 1.82) is 0 Å². The van der Waals surface area contributed by atoms with E-state index in [1.807, 2.05) is 0 Å². The van der Waals surface area contributed by atoms with Gasteiger partial charge in [0, 0.05) is 25.3 Å². The highest BCUT2D eigenvalue weighted by Gasteiger charge is 2.42. The molecular formula is C20H24N2. The summed E-state index contributed by atoms with van der Waals surface area (Å²) in [5.74, 6) is 2.37. The molecule has 2 aliphatic rings. The summed E-state index contributed by atoms with van der Waals surface area (Å²) >= 11 is 0. The Morgan fingerprint density at radius 3 is 2.14 bits per heavy atom. The van der Waals surface area contributed by atoms with Crippen molar-refractivity contribution >= 4 is 5.69 Å². The third-order valence-corrected chi connectivity index (χ3v) is 5.48. The van der Waals surface area contributed by atoms with Crippen LogP contribution in [0.1, 0.15) is 29.9 Å². The molecule has 2 unspecified atom stereocenters. The fourth-order valence-electron chi connectivity index (χ4n) is 4.55. The summed E-state index contributed by atoms with van der Waals surface area (Å²) in [6, 6.07) is 19.5. The normalized spacial score (nSPS) is 27.9. The van der Waals surface area contributed by atoms with E-state index in [-0.39, 0.29) is 0 Å². The van der Waals surface area contributed by atoms with Crippen molar-refractivity contribution < 1.29 is 0 Å². The molecule has 2 aromatic carbocycles. The van der Waals surface area contributed by atoms with Gasteiger partial charge in [0.2, 0.25) is 0 Å². The Balaban J connectivity index is 1.48. The van der Waals surface area contributed by atoms with Crippen LogP contribution in [0.4, 0.5) is 5.69 Å². The van der Waals surface area contributed by atoms with Gasteiger partial charge < -0.3 is 5.73 Å². The molecule has 2 atom stereocenters. The Morgan fingerprint density at radius 2 is 1.50 bits per heavy atom. The smallest absolute Gasteiger partial charge is 0.0314 e. The molecule has 1 saturated carbocycles. The Hall–Kier alpha value is -1.80. The van der Waals surface area contributed by atoms with Gasteiger partial charge in [0.05, 0.1) is 0 Å². The number of piperidine rings is 1. The van der Waals surface area contributed by atoms with Crippen LogP contribution in [0.5, 0.6) is 0 Å². The van der Waals surface area contributed by atoms with Gasteiger partial charge in [-0.05, 0) is 53.9 Å². The summed E-state index contributed by atoms with van der Waals surface area (Å²) in [7, 11) is 0. The number of nitrogen functional groups attached to an aromatic ring is 1. The number of nitrogens with two attached hydrogens (primary N) is 1. The second kappa shape index (κ2) is 5.77. The number of fused-ring (bicyclic) bond motifs is 2. The summed E-state index contributed by atoms with van der Waals surface area (Å²) in [4.78, 5) is 2.66.